The molecule has 1 heterocycles. The van der Waals surface area contributed by atoms with Crippen LogP contribution in [0, 0.1) is 21.4 Å². The average molecular weight is 280 g/mol. The van der Waals surface area contributed by atoms with E-state index in [1.807, 2.05) is 0 Å². The first-order valence-corrected chi connectivity index (χ1v) is 5.11. The first-order valence-electron chi connectivity index (χ1n) is 5.11. The summed E-state index contributed by atoms with van der Waals surface area (Å²) in [5, 5.41) is 39.2. The number of aliphatic carboxylic acids is 2. The molecule has 10 nitrogen and oxygen atoms in total. The van der Waals surface area contributed by atoms with Crippen molar-refractivity contribution >= 4 is 23.4 Å². The zero-order valence-corrected chi connectivity index (χ0v) is 9.81. The first-order chi connectivity index (χ1) is 9.36. The number of hydrogen-bond acceptors (Lipinski definition) is 7. The smallest absolute Gasteiger partial charge is 0.328 e. The molecule has 3 N–H and O–H groups in total. The van der Waals surface area contributed by atoms with Gasteiger partial charge in [0.25, 0.3) is 0 Å². The molecule has 1 rings (SSSR count). The van der Waals surface area contributed by atoms with Crippen LogP contribution in [0.4, 0.5) is 11.5 Å². The maximum absolute atomic E-state index is 10.9. The summed E-state index contributed by atoms with van der Waals surface area (Å²) in [5.41, 5.74) is -1.02. The van der Waals surface area contributed by atoms with Gasteiger partial charge in [0.15, 0.2) is 0 Å². The Morgan fingerprint density at radius 2 is 2.20 bits per heavy atom. The lowest BCUT2D eigenvalue weighted by Crippen LogP contribution is -2.32. The van der Waals surface area contributed by atoms with Crippen molar-refractivity contribution in [2.24, 2.45) is 0 Å². The number of nitro groups is 1. The van der Waals surface area contributed by atoms with E-state index in [4.69, 9.17) is 15.5 Å². The van der Waals surface area contributed by atoms with Gasteiger partial charge in [-0.3, -0.25) is 14.9 Å². The number of aromatic nitrogens is 1. The number of nitriles is 1. The predicted molar refractivity (Wildman–Crippen MR) is 62.9 cm³/mol. The van der Waals surface area contributed by atoms with Crippen molar-refractivity contribution in [3.8, 4) is 6.07 Å². The number of hydrogen-bond donors (Lipinski definition) is 3. The molecule has 0 aliphatic heterocycles. The lowest BCUT2D eigenvalue weighted by atomic mass is 10.2. The second-order valence-electron chi connectivity index (χ2n) is 3.56. The monoisotopic (exact) mass is 280 g/mol. The van der Waals surface area contributed by atoms with Gasteiger partial charge in [-0.2, -0.15) is 5.26 Å². The van der Waals surface area contributed by atoms with E-state index >= 15 is 0 Å². The van der Waals surface area contributed by atoms with Crippen molar-refractivity contribution < 1.29 is 24.7 Å². The van der Waals surface area contributed by atoms with Crippen LogP contribution in [0.1, 0.15) is 12.0 Å². The molecule has 0 saturated carbocycles. The molecule has 0 aromatic carbocycles. The molecule has 0 saturated heterocycles. The van der Waals surface area contributed by atoms with Gasteiger partial charge >= 0.3 is 17.6 Å². The Balaban J connectivity index is 3.19. The van der Waals surface area contributed by atoms with Gasteiger partial charge in [-0.1, -0.05) is 0 Å². The van der Waals surface area contributed by atoms with E-state index in [1.165, 1.54) is 0 Å². The van der Waals surface area contributed by atoms with Crippen LogP contribution in [0.3, 0.4) is 0 Å². The largest absolute Gasteiger partial charge is 0.481 e. The highest BCUT2D eigenvalue weighted by molar-refractivity contribution is 5.84. The minimum atomic E-state index is -1.60. The number of carboxylic acids is 2. The fraction of sp³-hybridized carbons (Fsp3) is 0.200. The van der Waals surface area contributed by atoms with E-state index in [9.17, 15) is 19.7 Å². The van der Waals surface area contributed by atoms with Gasteiger partial charge in [-0.05, 0) is 6.07 Å². The van der Waals surface area contributed by atoms with Crippen molar-refractivity contribution in [1.29, 1.82) is 5.26 Å². The van der Waals surface area contributed by atoms with E-state index in [1.54, 1.807) is 6.07 Å². The Morgan fingerprint density at radius 1 is 1.55 bits per heavy atom. The number of carboxylic acid groups (broad SMARTS) is 2. The molecular weight excluding hydrogens is 272 g/mol. The van der Waals surface area contributed by atoms with Crippen molar-refractivity contribution in [3.05, 3.63) is 27.9 Å². The van der Waals surface area contributed by atoms with Crippen LogP contribution in [0.2, 0.25) is 0 Å². The number of pyridine rings is 1. The number of nitrogens with zero attached hydrogens (tertiary/aromatic N) is 3. The quantitative estimate of drug-likeness (QED) is 0.487. The van der Waals surface area contributed by atoms with Crippen LogP contribution >= 0.6 is 0 Å². The molecule has 1 aromatic rings. The Hall–Kier alpha value is -3.22. The lowest BCUT2D eigenvalue weighted by Gasteiger charge is -2.13. The summed E-state index contributed by atoms with van der Waals surface area (Å²) in [7, 11) is 0. The maximum Gasteiger partial charge on any atom is 0.328 e. The minimum absolute atomic E-state index is 0.313. The van der Waals surface area contributed by atoms with E-state index in [0.717, 1.165) is 12.3 Å². The SMILES string of the molecule is N#Cc1ccnc(NC(CC(=O)O)C(=O)O)c1[N+](=O)[O-]. The van der Waals surface area contributed by atoms with Crippen LogP contribution in [-0.2, 0) is 9.59 Å². The molecule has 0 bridgehead atoms. The third-order valence-corrected chi connectivity index (χ3v) is 2.22. The third kappa shape index (κ3) is 3.39. The van der Waals surface area contributed by atoms with Crippen LogP contribution in [-0.4, -0.2) is 38.1 Å². The summed E-state index contributed by atoms with van der Waals surface area (Å²) in [4.78, 5) is 35.0. The van der Waals surface area contributed by atoms with E-state index < -0.39 is 40.8 Å². The second-order valence-corrected chi connectivity index (χ2v) is 3.56. The van der Waals surface area contributed by atoms with E-state index in [2.05, 4.69) is 10.3 Å². The van der Waals surface area contributed by atoms with Crippen molar-refractivity contribution in [3.63, 3.8) is 0 Å². The minimum Gasteiger partial charge on any atom is -0.481 e. The normalized spacial score (nSPS) is 11.2. The molecule has 20 heavy (non-hydrogen) atoms. The molecule has 0 fully saturated rings. The Bertz CT molecular complexity index is 608. The molecule has 0 radical (unpaired) electrons. The van der Waals surface area contributed by atoms with Crippen LogP contribution in [0.15, 0.2) is 12.3 Å². The van der Waals surface area contributed by atoms with E-state index in [0.29, 0.717) is 0 Å². The van der Waals surface area contributed by atoms with Gasteiger partial charge in [0.2, 0.25) is 5.82 Å². The molecule has 1 unspecified atom stereocenters. The molecular formula is C10H8N4O6. The van der Waals surface area contributed by atoms with Gasteiger partial charge in [0.05, 0.1) is 11.3 Å². The number of nitrogens with one attached hydrogen (secondary N) is 1. The Labute approximate surface area is 111 Å². The van der Waals surface area contributed by atoms with Gasteiger partial charge in [-0.15, -0.1) is 0 Å². The summed E-state index contributed by atoms with van der Waals surface area (Å²) < 4.78 is 0. The summed E-state index contributed by atoms with van der Waals surface area (Å²) in [6.45, 7) is 0. The molecule has 0 aliphatic carbocycles. The van der Waals surface area contributed by atoms with Crippen molar-refractivity contribution in [2.75, 3.05) is 5.32 Å². The molecule has 0 aliphatic rings. The number of carbonyl (C=O) groups is 2. The highest BCUT2D eigenvalue weighted by atomic mass is 16.6. The van der Waals surface area contributed by atoms with Gasteiger partial charge < -0.3 is 15.5 Å². The fourth-order valence-corrected chi connectivity index (χ4v) is 1.37. The summed E-state index contributed by atoms with van der Waals surface area (Å²) in [5.74, 6) is -3.38. The van der Waals surface area contributed by atoms with E-state index in [-0.39, 0.29) is 5.56 Å². The van der Waals surface area contributed by atoms with Gasteiger partial charge in [-0.25, -0.2) is 9.78 Å². The van der Waals surface area contributed by atoms with Crippen LogP contribution in [0.25, 0.3) is 0 Å². The first kappa shape index (κ1) is 14.8. The molecule has 0 spiro atoms. The molecule has 10 heteroatoms. The molecule has 0 amide bonds. The van der Waals surface area contributed by atoms with Crippen molar-refractivity contribution in [2.45, 2.75) is 12.5 Å². The summed E-state index contributed by atoms with van der Waals surface area (Å²) in [6, 6.07) is 1.06. The second kappa shape index (κ2) is 6.10. The number of rotatable bonds is 6. The predicted octanol–water partition coefficient (Wildman–Crippen LogP) is 0.201. The fourth-order valence-electron chi connectivity index (χ4n) is 1.37. The van der Waals surface area contributed by atoms with Gasteiger partial charge in [0.1, 0.15) is 17.7 Å². The molecule has 1 aromatic heterocycles. The topological polar surface area (TPSA) is 166 Å². The Morgan fingerprint density at radius 3 is 2.65 bits per heavy atom. The zero-order valence-electron chi connectivity index (χ0n) is 9.81. The maximum atomic E-state index is 10.9. The third-order valence-electron chi connectivity index (χ3n) is 2.22. The Kier molecular flexibility index (Phi) is 4.52. The highest BCUT2D eigenvalue weighted by Gasteiger charge is 2.27. The molecule has 104 valence electrons. The van der Waals surface area contributed by atoms with Crippen LogP contribution < -0.4 is 5.32 Å². The highest BCUT2D eigenvalue weighted by Crippen LogP contribution is 2.26. The lowest BCUT2D eigenvalue weighted by molar-refractivity contribution is -0.384. The van der Waals surface area contributed by atoms with Crippen LogP contribution in [0.5, 0.6) is 0 Å². The summed E-state index contributed by atoms with van der Waals surface area (Å²) in [6.07, 6.45) is 0.276. The average Bonchev–Trinajstić information content (AvgIpc) is 2.36. The zero-order chi connectivity index (χ0) is 15.3. The molecule has 1 atom stereocenters. The van der Waals surface area contributed by atoms with Crippen molar-refractivity contribution in [1.82, 2.24) is 4.98 Å². The standard InChI is InChI=1S/C10H8N4O6/c11-4-5-1-2-12-9(8(5)14(19)20)13-6(10(17)18)3-7(15)16/h1-2,6H,3H2,(H,12,13)(H,15,16)(H,17,18). The van der Waals surface area contributed by atoms with Gasteiger partial charge in [0, 0.05) is 6.20 Å². The summed E-state index contributed by atoms with van der Waals surface area (Å²) >= 11 is 0. The number of anilines is 1.